The maximum atomic E-state index is 6.07. The summed E-state index contributed by atoms with van der Waals surface area (Å²) in [4.78, 5) is 0. The zero-order chi connectivity index (χ0) is 10.1. The first-order valence-corrected chi connectivity index (χ1v) is 5.29. The van der Waals surface area contributed by atoms with Gasteiger partial charge in [-0.2, -0.15) is 5.10 Å². The fraction of sp³-hybridized carbons (Fsp3) is 0.100. The van der Waals surface area contributed by atoms with Crippen molar-refractivity contribution in [1.29, 1.82) is 0 Å². The minimum Gasteiger partial charge on any atom is -0.256 e. The summed E-state index contributed by atoms with van der Waals surface area (Å²) in [7, 11) is 1.82. The molecule has 0 spiro atoms. The van der Waals surface area contributed by atoms with Crippen molar-refractivity contribution in [3.8, 4) is 11.1 Å². The highest BCUT2D eigenvalue weighted by atomic mass is 79.9. The van der Waals surface area contributed by atoms with Crippen LogP contribution in [0.3, 0.4) is 0 Å². The lowest BCUT2D eigenvalue weighted by Crippen LogP contribution is -1.88. The molecule has 0 radical (unpaired) electrons. The van der Waals surface area contributed by atoms with Gasteiger partial charge < -0.3 is 0 Å². The quantitative estimate of drug-likeness (QED) is 0.776. The van der Waals surface area contributed by atoms with Crippen LogP contribution in [0.15, 0.2) is 34.9 Å². The molecule has 0 saturated heterocycles. The summed E-state index contributed by atoms with van der Waals surface area (Å²) in [5, 5.41) is 4.75. The molecule has 1 aromatic heterocycles. The van der Waals surface area contributed by atoms with Crippen LogP contribution >= 0.6 is 27.5 Å². The highest BCUT2D eigenvalue weighted by Crippen LogP contribution is 2.27. The van der Waals surface area contributed by atoms with E-state index in [2.05, 4.69) is 21.0 Å². The summed E-state index contributed by atoms with van der Waals surface area (Å²) in [6, 6.07) is 7.98. The molecule has 2 aromatic rings. The van der Waals surface area contributed by atoms with Gasteiger partial charge in [0.05, 0.1) is 6.20 Å². The van der Waals surface area contributed by atoms with Crippen LogP contribution in [0.5, 0.6) is 0 Å². The lowest BCUT2D eigenvalue weighted by atomic mass is 10.1. The lowest BCUT2D eigenvalue weighted by molar-refractivity contribution is 0.769. The molecule has 2 nitrogen and oxygen atoms in total. The van der Waals surface area contributed by atoms with E-state index < -0.39 is 0 Å². The van der Waals surface area contributed by atoms with Crippen molar-refractivity contribution >= 4 is 27.5 Å². The topological polar surface area (TPSA) is 17.8 Å². The highest BCUT2D eigenvalue weighted by Gasteiger charge is 2.07. The Kier molecular flexibility index (Phi) is 2.61. The van der Waals surface area contributed by atoms with Gasteiger partial charge in [0.15, 0.2) is 0 Å². The number of benzene rings is 1. The largest absolute Gasteiger partial charge is 0.256 e. The first-order valence-electron chi connectivity index (χ1n) is 4.12. The van der Waals surface area contributed by atoms with Gasteiger partial charge in [-0.25, -0.2) is 0 Å². The van der Waals surface area contributed by atoms with Crippen molar-refractivity contribution in [1.82, 2.24) is 9.78 Å². The Balaban J connectivity index is 2.49. The van der Waals surface area contributed by atoms with Crippen LogP contribution in [-0.2, 0) is 7.05 Å². The van der Waals surface area contributed by atoms with Crippen molar-refractivity contribution in [3.05, 3.63) is 40.1 Å². The van der Waals surface area contributed by atoms with Crippen LogP contribution in [-0.4, -0.2) is 9.78 Å². The van der Waals surface area contributed by atoms with Crippen LogP contribution < -0.4 is 0 Å². The second-order valence-electron chi connectivity index (χ2n) is 2.98. The molecule has 0 aliphatic heterocycles. The van der Waals surface area contributed by atoms with Gasteiger partial charge in [-0.1, -0.05) is 39.7 Å². The molecule has 0 amide bonds. The molecule has 0 fully saturated rings. The molecule has 0 aliphatic rings. The monoisotopic (exact) mass is 270 g/mol. The van der Waals surface area contributed by atoms with Gasteiger partial charge in [-0.05, 0) is 17.7 Å². The average Bonchev–Trinajstić information content (AvgIpc) is 2.50. The van der Waals surface area contributed by atoms with E-state index in [0.29, 0.717) is 5.15 Å². The fourth-order valence-corrected chi connectivity index (χ4v) is 1.71. The summed E-state index contributed by atoms with van der Waals surface area (Å²) >= 11 is 9.46. The van der Waals surface area contributed by atoms with Crippen molar-refractivity contribution in [2.24, 2.45) is 7.05 Å². The van der Waals surface area contributed by atoms with Gasteiger partial charge in [0.25, 0.3) is 0 Å². The predicted molar refractivity (Wildman–Crippen MR) is 61.4 cm³/mol. The number of aromatic nitrogens is 2. The fourth-order valence-electron chi connectivity index (χ4n) is 1.25. The number of halogens is 2. The normalized spacial score (nSPS) is 10.5. The molecule has 1 heterocycles. The molecule has 72 valence electrons. The Bertz CT molecular complexity index is 448. The van der Waals surface area contributed by atoms with Gasteiger partial charge in [-0.15, -0.1) is 0 Å². The summed E-state index contributed by atoms with van der Waals surface area (Å²) in [5.41, 5.74) is 2.04. The minimum absolute atomic E-state index is 0.660. The van der Waals surface area contributed by atoms with E-state index >= 15 is 0 Å². The molecule has 0 saturated carbocycles. The molecular weight excluding hydrogens is 263 g/mol. The maximum Gasteiger partial charge on any atom is 0.134 e. The standard InChI is InChI=1S/C10H8BrClN2/c1-14-10(12)9(6-13-14)7-2-4-8(11)5-3-7/h2-6H,1H3. The smallest absolute Gasteiger partial charge is 0.134 e. The Morgan fingerprint density at radius 2 is 1.93 bits per heavy atom. The Hall–Kier alpha value is -0.800. The van der Waals surface area contributed by atoms with E-state index in [-0.39, 0.29) is 0 Å². The molecule has 2 rings (SSSR count). The third-order valence-electron chi connectivity index (χ3n) is 2.02. The van der Waals surface area contributed by atoms with E-state index in [1.807, 2.05) is 31.3 Å². The molecule has 14 heavy (non-hydrogen) atoms. The van der Waals surface area contributed by atoms with Crippen LogP contribution in [0, 0.1) is 0 Å². The number of nitrogens with zero attached hydrogens (tertiary/aromatic N) is 2. The summed E-state index contributed by atoms with van der Waals surface area (Å²) < 4.78 is 2.71. The van der Waals surface area contributed by atoms with Gasteiger partial charge in [0, 0.05) is 17.1 Å². The number of hydrogen-bond acceptors (Lipinski definition) is 1. The van der Waals surface area contributed by atoms with Gasteiger partial charge >= 0.3 is 0 Å². The SMILES string of the molecule is Cn1ncc(-c2ccc(Br)cc2)c1Cl. The first kappa shape index (κ1) is 9.74. The van der Waals surface area contributed by atoms with Crippen LogP contribution in [0.1, 0.15) is 0 Å². The molecule has 0 N–H and O–H groups in total. The molecular formula is C10H8BrClN2. The first-order chi connectivity index (χ1) is 6.68. The Labute approximate surface area is 95.6 Å². The van der Waals surface area contributed by atoms with Gasteiger partial charge in [0.1, 0.15) is 5.15 Å². The molecule has 0 bridgehead atoms. The van der Waals surface area contributed by atoms with Crippen LogP contribution in [0.25, 0.3) is 11.1 Å². The van der Waals surface area contributed by atoms with Crippen molar-refractivity contribution in [2.45, 2.75) is 0 Å². The Morgan fingerprint density at radius 3 is 2.43 bits per heavy atom. The van der Waals surface area contributed by atoms with E-state index in [4.69, 9.17) is 11.6 Å². The third kappa shape index (κ3) is 1.70. The van der Waals surface area contributed by atoms with Crippen molar-refractivity contribution < 1.29 is 0 Å². The minimum atomic E-state index is 0.660. The van der Waals surface area contributed by atoms with Gasteiger partial charge in [0.2, 0.25) is 0 Å². The summed E-state index contributed by atoms with van der Waals surface area (Å²) in [6.45, 7) is 0. The predicted octanol–water partition coefficient (Wildman–Crippen LogP) is 3.50. The molecule has 4 heteroatoms. The van der Waals surface area contributed by atoms with Crippen LogP contribution in [0.2, 0.25) is 5.15 Å². The molecule has 1 aromatic carbocycles. The van der Waals surface area contributed by atoms with E-state index in [9.17, 15) is 0 Å². The van der Waals surface area contributed by atoms with Gasteiger partial charge in [-0.3, -0.25) is 4.68 Å². The lowest BCUT2D eigenvalue weighted by Gasteiger charge is -1.99. The number of aryl methyl sites for hydroxylation is 1. The van der Waals surface area contributed by atoms with E-state index in [1.165, 1.54) is 0 Å². The number of hydrogen-bond donors (Lipinski definition) is 0. The highest BCUT2D eigenvalue weighted by molar-refractivity contribution is 9.10. The maximum absolute atomic E-state index is 6.07. The summed E-state index contributed by atoms with van der Waals surface area (Å²) in [5.74, 6) is 0. The zero-order valence-corrected chi connectivity index (χ0v) is 9.88. The second-order valence-corrected chi connectivity index (χ2v) is 4.25. The Morgan fingerprint density at radius 1 is 1.29 bits per heavy atom. The van der Waals surface area contributed by atoms with E-state index in [1.54, 1.807) is 10.9 Å². The molecule has 0 aliphatic carbocycles. The summed E-state index contributed by atoms with van der Waals surface area (Å²) in [6.07, 6.45) is 1.77. The van der Waals surface area contributed by atoms with Crippen LogP contribution in [0.4, 0.5) is 0 Å². The third-order valence-corrected chi connectivity index (χ3v) is 3.00. The second kappa shape index (κ2) is 3.75. The zero-order valence-electron chi connectivity index (χ0n) is 7.54. The molecule has 0 unspecified atom stereocenters. The molecule has 0 atom stereocenters. The number of rotatable bonds is 1. The van der Waals surface area contributed by atoms with Crippen molar-refractivity contribution in [3.63, 3.8) is 0 Å². The van der Waals surface area contributed by atoms with Crippen molar-refractivity contribution in [2.75, 3.05) is 0 Å². The van der Waals surface area contributed by atoms with E-state index in [0.717, 1.165) is 15.6 Å². The average molecular weight is 272 g/mol.